The predicted molar refractivity (Wildman–Crippen MR) is 75.6 cm³/mol. The SMILES string of the molecule is CCCN(C(=O)c1ccc(Br)c(C(F)(F)F)c1)C(C)C. The maximum absolute atomic E-state index is 12.8. The Morgan fingerprint density at radius 3 is 2.40 bits per heavy atom. The average molecular weight is 352 g/mol. The fourth-order valence-corrected chi connectivity index (χ4v) is 2.35. The Bertz CT molecular complexity index is 486. The summed E-state index contributed by atoms with van der Waals surface area (Å²) >= 11 is 2.87. The maximum Gasteiger partial charge on any atom is 0.417 e. The smallest absolute Gasteiger partial charge is 0.336 e. The molecule has 0 heterocycles. The predicted octanol–water partition coefficient (Wildman–Crippen LogP) is 4.73. The zero-order chi connectivity index (χ0) is 15.5. The summed E-state index contributed by atoms with van der Waals surface area (Å²) in [6, 6.07) is 3.52. The molecule has 1 amide bonds. The van der Waals surface area contributed by atoms with Gasteiger partial charge in [0.05, 0.1) is 5.56 Å². The molecule has 0 fully saturated rings. The van der Waals surface area contributed by atoms with Crippen LogP contribution in [0.2, 0.25) is 0 Å². The van der Waals surface area contributed by atoms with Gasteiger partial charge in [-0.1, -0.05) is 22.9 Å². The van der Waals surface area contributed by atoms with Crippen LogP contribution < -0.4 is 0 Å². The largest absolute Gasteiger partial charge is 0.417 e. The molecule has 0 radical (unpaired) electrons. The molecule has 0 aromatic heterocycles. The lowest BCUT2D eigenvalue weighted by atomic mass is 10.1. The topological polar surface area (TPSA) is 20.3 Å². The number of amides is 1. The highest BCUT2D eigenvalue weighted by atomic mass is 79.9. The zero-order valence-corrected chi connectivity index (χ0v) is 13.2. The van der Waals surface area contributed by atoms with Crippen LogP contribution in [-0.2, 0) is 6.18 Å². The second kappa shape index (κ2) is 6.61. The van der Waals surface area contributed by atoms with Crippen LogP contribution >= 0.6 is 15.9 Å². The van der Waals surface area contributed by atoms with E-state index < -0.39 is 11.7 Å². The van der Waals surface area contributed by atoms with Crippen molar-refractivity contribution in [2.75, 3.05) is 6.54 Å². The van der Waals surface area contributed by atoms with Crippen molar-refractivity contribution in [1.29, 1.82) is 0 Å². The Balaban J connectivity index is 3.17. The fraction of sp³-hybridized carbons (Fsp3) is 0.500. The Kier molecular flexibility index (Phi) is 5.62. The van der Waals surface area contributed by atoms with Gasteiger partial charge in [-0.15, -0.1) is 0 Å². The van der Waals surface area contributed by atoms with Crippen LogP contribution in [0.15, 0.2) is 22.7 Å². The molecule has 0 atom stereocenters. The first-order valence-corrected chi connectivity index (χ1v) is 7.15. The van der Waals surface area contributed by atoms with Crippen molar-refractivity contribution in [3.05, 3.63) is 33.8 Å². The zero-order valence-electron chi connectivity index (χ0n) is 11.6. The van der Waals surface area contributed by atoms with Crippen molar-refractivity contribution in [1.82, 2.24) is 4.90 Å². The van der Waals surface area contributed by atoms with Gasteiger partial charge in [0.25, 0.3) is 5.91 Å². The lowest BCUT2D eigenvalue weighted by molar-refractivity contribution is -0.138. The average Bonchev–Trinajstić information content (AvgIpc) is 2.34. The van der Waals surface area contributed by atoms with E-state index in [1.165, 1.54) is 12.1 Å². The summed E-state index contributed by atoms with van der Waals surface area (Å²) in [4.78, 5) is 13.9. The van der Waals surface area contributed by atoms with Gasteiger partial charge < -0.3 is 4.90 Å². The van der Waals surface area contributed by atoms with Crippen LogP contribution in [0.5, 0.6) is 0 Å². The number of hydrogen-bond donors (Lipinski definition) is 0. The van der Waals surface area contributed by atoms with Crippen molar-refractivity contribution >= 4 is 21.8 Å². The summed E-state index contributed by atoms with van der Waals surface area (Å²) in [5, 5.41) is 0. The van der Waals surface area contributed by atoms with E-state index in [2.05, 4.69) is 15.9 Å². The van der Waals surface area contributed by atoms with Gasteiger partial charge in [0.15, 0.2) is 0 Å². The van der Waals surface area contributed by atoms with Crippen LogP contribution in [0.25, 0.3) is 0 Å². The third kappa shape index (κ3) is 3.98. The van der Waals surface area contributed by atoms with Gasteiger partial charge in [0.1, 0.15) is 0 Å². The molecule has 0 spiro atoms. The van der Waals surface area contributed by atoms with E-state index in [-0.39, 0.29) is 22.0 Å². The summed E-state index contributed by atoms with van der Waals surface area (Å²) in [5.41, 5.74) is -0.772. The lowest BCUT2D eigenvalue weighted by Gasteiger charge is -2.26. The Morgan fingerprint density at radius 2 is 1.95 bits per heavy atom. The third-order valence-electron chi connectivity index (χ3n) is 2.87. The van der Waals surface area contributed by atoms with E-state index >= 15 is 0 Å². The van der Waals surface area contributed by atoms with E-state index in [0.29, 0.717) is 6.54 Å². The Hall–Kier alpha value is -1.04. The molecule has 0 bridgehead atoms. The summed E-state index contributed by atoms with van der Waals surface area (Å²) in [5.74, 6) is -0.375. The van der Waals surface area contributed by atoms with Crippen molar-refractivity contribution in [2.24, 2.45) is 0 Å². The summed E-state index contributed by atoms with van der Waals surface area (Å²) in [6.45, 7) is 6.13. The minimum atomic E-state index is -4.48. The normalized spacial score (nSPS) is 11.8. The number of carbonyl (C=O) groups excluding carboxylic acids is 1. The second-order valence-electron chi connectivity index (χ2n) is 4.78. The van der Waals surface area contributed by atoms with E-state index in [1.54, 1.807) is 4.90 Å². The number of hydrogen-bond acceptors (Lipinski definition) is 1. The molecule has 112 valence electrons. The summed E-state index contributed by atoms with van der Waals surface area (Å²) in [7, 11) is 0. The fourth-order valence-electron chi connectivity index (χ4n) is 1.88. The number of rotatable bonds is 4. The highest BCUT2D eigenvalue weighted by molar-refractivity contribution is 9.10. The quantitative estimate of drug-likeness (QED) is 0.767. The van der Waals surface area contributed by atoms with Crippen molar-refractivity contribution in [3.8, 4) is 0 Å². The molecule has 0 N–H and O–H groups in total. The van der Waals surface area contributed by atoms with Gasteiger partial charge in [-0.3, -0.25) is 4.79 Å². The molecule has 0 aliphatic rings. The first kappa shape index (κ1) is 17.0. The molecule has 1 rings (SSSR count). The number of alkyl halides is 3. The summed E-state index contributed by atoms with van der Waals surface area (Å²) < 4.78 is 38.5. The summed E-state index contributed by atoms with van der Waals surface area (Å²) in [6.07, 6.45) is -3.73. The van der Waals surface area contributed by atoms with Crippen LogP contribution in [0.1, 0.15) is 43.1 Å². The molecule has 0 aliphatic heterocycles. The first-order chi connectivity index (χ1) is 9.18. The molecule has 0 saturated heterocycles. The van der Waals surface area contributed by atoms with Gasteiger partial charge in [0.2, 0.25) is 0 Å². The van der Waals surface area contributed by atoms with Crippen LogP contribution in [0, 0.1) is 0 Å². The molecule has 6 heteroatoms. The maximum atomic E-state index is 12.8. The van der Waals surface area contributed by atoms with E-state index in [4.69, 9.17) is 0 Å². The van der Waals surface area contributed by atoms with Crippen molar-refractivity contribution < 1.29 is 18.0 Å². The minimum Gasteiger partial charge on any atom is -0.336 e. The molecule has 1 aromatic rings. The van der Waals surface area contributed by atoms with Crippen molar-refractivity contribution in [2.45, 2.75) is 39.4 Å². The van der Waals surface area contributed by atoms with E-state index in [1.807, 2.05) is 20.8 Å². The van der Waals surface area contributed by atoms with Crippen LogP contribution in [-0.4, -0.2) is 23.4 Å². The minimum absolute atomic E-state index is 0.0552. The molecule has 0 saturated carbocycles. The van der Waals surface area contributed by atoms with Gasteiger partial charge in [-0.25, -0.2) is 0 Å². The second-order valence-corrected chi connectivity index (χ2v) is 5.64. The number of carbonyl (C=O) groups is 1. The van der Waals surface area contributed by atoms with Gasteiger partial charge >= 0.3 is 6.18 Å². The Labute approximate surface area is 125 Å². The Morgan fingerprint density at radius 1 is 1.35 bits per heavy atom. The molecule has 2 nitrogen and oxygen atoms in total. The molecule has 0 aliphatic carbocycles. The number of nitrogens with zero attached hydrogens (tertiary/aromatic N) is 1. The van der Waals surface area contributed by atoms with E-state index in [0.717, 1.165) is 12.5 Å². The standard InChI is InChI=1S/C14H17BrF3NO/c1-4-7-19(9(2)3)13(20)10-5-6-12(15)11(8-10)14(16,17)18/h5-6,8-9H,4,7H2,1-3H3. The number of halogens is 4. The van der Waals surface area contributed by atoms with Gasteiger partial charge in [0, 0.05) is 22.6 Å². The van der Waals surface area contributed by atoms with Gasteiger partial charge in [-0.2, -0.15) is 13.2 Å². The third-order valence-corrected chi connectivity index (χ3v) is 3.56. The van der Waals surface area contributed by atoms with Crippen LogP contribution in [0.3, 0.4) is 0 Å². The first-order valence-electron chi connectivity index (χ1n) is 6.36. The van der Waals surface area contributed by atoms with E-state index in [9.17, 15) is 18.0 Å². The van der Waals surface area contributed by atoms with Crippen molar-refractivity contribution in [3.63, 3.8) is 0 Å². The highest BCUT2D eigenvalue weighted by Crippen LogP contribution is 2.35. The molecule has 0 unspecified atom stereocenters. The molecule has 1 aromatic carbocycles. The molecule has 20 heavy (non-hydrogen) atoms. The molecular formula is C14H17BrF3NO. The molecular weight excluding hydrogens is 335 g/mol. The highest BCUT2D eigenvalue weighted by Gasteiger charge is 2.34. The monoisotopic (exact) mass is 351 g/mol. The van der Waals surface area contributed by atoms with Crippen LogP contribution in [0.4, 0.5) is 13.2 Å². The number of benzene rings is 1. The van der Waals surface area contributed by atoms with Gasteiger partial charge in [-0.05, 0) is 38.5 Å². The lowest BCUT2D eigenvalue weighted by Crippen LogP contribution is -2.37.